The Morgan fingerprint density at radius 2 is 2.22 bits per heavy atom. The zero-order chi connectivity index (χ0) is 13.0. The number of nitrogens with two attached hydrogens (primary N) is 1. The van der Waals surface area contributed by atoms with Gasteiger partial charge in [-0.05, 0) is 25.0 Å². The van der Waals surface area contributed by atoms with E-state index < -0.39 is 0 Å². The minimum atomic E-state index is 0.0376. The first-order chi connectivity index (χ1) is 8.76. The minimum Gasteiger partial charge on any atom is -0.377 e. The van der Waals surface area contributed by atoms with E-state index in [4.69, 9.17) is 10.5 Å². The van der Waals surface area contributed by atoms with E-state index in [0.717, 1.165) is 17.7 Å². The first-order valence-corrected chi connectivity index (χ1v) is 6.46. The molecule has 0 fully saturated rings. The number of rotatable bonds is 6. The lowest BCUT2D eigenvalue weighted by Crippen LogP contribution is -2.33. The molecule has 4 nitrogen and oxygen atoms in total. The molecule has 1 aromatic carbocycles. The molecule has 0 saturated heterocycles. The van der Waals surface area contributed by atoms with Crippen molar-refractivity contribution in [3.63, 3.8) is 0 Å². The molecule has 0 aromatic heterocycles. The first kappa shape index (κ1) is 13.1. The normalized spacial score (nSPS) is 15.9. The zero-order valence-electron chi connectivity index (χ0n) is 10.8. The summed E-state index contributed by atoms with van der Waals surface area (Å²) in [5.41, 5.74) is 7.80. The Kier molecular flexibility index (Phi) is 4.33. The van der Waals surface area contributed by atoms with Crippen LogP contribution in [0.15, 0.2) is 24.3 Å². The van der Waals surface area contributed by atoms with Crippen molar-refractivity contribution in [2.24, 2.45) is 5.73 Å². The van der Waals surface area contributed by atoms with E-state index in [1.54, 1.807) is 0 Å². The number of carbonyl (C=O) groups excluding carboxylic acids is 1. The summed E-state index contributed by atoms with van der Waals surface area (Å²) in [6.45, 7) is 3.79. The van der Waals surface area contributed by atoms with Crippen molar-refractivity contribution in [3.8, 4) is 0 Å². The first-order valence-electron chi connectivity index (χ1n) is 6.46. The van der Waals surface area contributed by atoms with Gasteiger partial charge in [0, 0.05) is 25.4 Å². The average Bonchev–Trinajstić information content (AvgIpc) is 2.70. The molecule has 2 N–H and O–H groups in total. The fourth-order valence-corrected chi connectivity index (χ4v) is 2.34. The summed E-state index contributed by atoms with van der Waals surface area (Å²) in [5, 5.41) is 0. The molecular weight excluding hydrogens is 228 g/mol. The molecule has 1 aliphatic rings. The second-order valence-electron chi connectivity index (χ2n) is 4.45. The van der Waals surface area contributed by atoms with Crippen molar-refractivity contribution in [3.05, 3.63) is 29.8 Å². The summed E-state index contributed by atoms with van der Waals surface area (Å²) in [5.74, 6) is 0.170. The Morgan fingerprint density at radius 1 is 1.44 bits per heavy atom. The molecule has 1 unspecified atom stereocenters. The van der Waals surface area contributed by atoms with Gasteiger partial charge in [0.25, 0.3) is 0 Å². The van der Waals surface area contributed by atoms with Crippen LogP contribution in [0.2, 0.25) is 0 Å². The van der Waals surface area contributed by atoms with E-state index in [2.05, 4.69) is 0 Å². The van der Waals surface area contributed by atoms with Crippen LogP contribution in [0.5, 0.6) is 0 Å². The van der Waals surface area contributed by atoms with Gasteiger partial charge in [0.2, 0.25) is 5.91 Å². The third-order valence-corrected chi connectivity index (χ3v) is 3.27. The molecule has 4 heteroatoms. The van der Waals surface area contributed by atoms with Gasteiger partial charge in [0.1, 0.15) is 0 Å². The lowest BCUT2D eigenvalue weighted by molar-refractivity contribution is -0.117. The van der Waals surface area contributed by atoms with Crippen LogP contribution in [0.1, 0.15) is 18.9 Å². The van der Waals surface area contributed by atoms with E-state index in [-0.39, 0.29) is 12.0 Å². The van der Waals surface area contributed by atoms with Crippen molar-refractivity contribution in [2.45, 2.75) is 25.9 Å². The SMILES string of the molecule is CCOC(CN)CCN1C(=O)Cc2ccccc21. The van der Waals surface area contributed by atoms with Gasteiger partial charge in [0.05, 0.1) is 12.5 Å². The number of nitrogens with zero attached hydrogens (tertiary/aromatic N) is 1. The van der Waals surface area contributed by atoms with Crippen LogP contribution in [0, 0.1) is 0 Å². The van der Waals surface area contributed by atoms with E-state index in [9.17, 15) is 4.79 Å². The molecule has 2 rings (SSSR count). The van der Waals surface area contributed by atoms with Crippen molar-refractivity contribution in [1.29, 1.82) is 0 Å². The molecule has 1 aromatic rings. The number of hydrogen-bond donors (Lipinski definition) is 1. The fraction of sp³-hybridized carbons (Fsp3) is 0.500. The quantitative estimate of drug-likeness (QED) is 0.826. The predicted molar refractivity (Wildman–Crippen MR) is 71.6 cm³/mol. The van der Waals surface area contributed by atoms with Gasteiger partial charge in [-0.15, -0.1) is 0 Å². The number of carbonyl (C=O) groups is 1. The van der Waals surface area contributed by atoms with Crippen molar-refractivity contribution in [1.82, 2.24) is 0 Å². The number of benzene rings is 1. The molecule has 1 amide bonds. The molecule has 0 radical (unpaired) electrons. The highest BCUT2D eigenvalue weighted by Crippen LogP contribution is 2.28. The van der Waals surface area contributed by atoms with E-state index in [1.807, 2.05) is 36.1 Å². The number of hydrogen-bond acceptors (Lipinski definition) is 3. The number of fused-ring (bicyclic) bond motifs is 1. The second-order valence-corrected chi connectivity index (χ2v) is 4.45. The Hall–Kier alpha value is -1.39. The van der Waals surface area contributed by atoms with Crippen LogP contribution in [0.25, 0.3) is 0 Å². The third kappa shape index (κ3) is 2.71. The van der Waals surface area contributed by atoms with Gasteiger partial charge in [0.15, 0.2) is 0 Å². The Labute approximate surface area is 108 Å². The summed E-state index contributed by atoms with van der Waals surface area (Å²) < 4.78 is 5.51. The molecule has 18 heavy (non-hydrogen) atoms. The molecule has 1 heterocycles. The number of ether oxygens (including phenoxy) is 1. The monoisotopic (exact) mass is 248 g/mol. The Morgan fingerprint density at radius 3 is 2.94 bits per heavy atom. The lowest BCUT2D eigenvalue weighted by atomic mass is 10.2. The topological polar surface area (TPSA) is 55.6 Å². The van der Waals surface area contributed by atoms with Crippen LogP contribution in [-0.4, -0.2) is 31.7 Å². The Balaban J connectivity index is 1.99. The highest BCUT2D eigenvalue weighted by molar-refractivity contribution is 6.01. The molecule has 0 aliphatic carbocycles. The number of amides is 1. The van der Waals surface area contributed by atoms with Crippen molar-refractivity contribution >= 4 is 11.6 Å². The van der Waals surface area contributed by atoms with Gasteiger partial charge in [-0.3, -0.25) is 4.79 Å². The van der Waals surface area contributed by atoms with Crippen LogP contribution in [-0.2, 0) is 16.0 Å². The van der Waals surface area contributed by atoms with E-state index >= 15 is 0 Å². The number of para-hydroxylation sites is 1. The van der Waals surface area contributed by atoms with Gasteiger partial charge in [-0.25, -0.2) is 0 Å². The standard InChI is InChI=1S/C14H20N2O2/c1-2-18-12(10-15)7-8-16-13-6-4-3-5-11(13)9-14(16)17/h3-6,12H,2,7-10,15H2,1H3. The second kappa shape index (κ2) is 5.98. The van der Waals surface area contributed by atoms with Gasteiger partial charge in [-0.2, -0.15) is 0 Å². The van der Waals surface area contributed by atoms with Gasteiger partial charge < -0.3 is 15.4 Å². The van der Waals surface area contributed by atoms with Crippen LogP contribution in [0.3, 0.4) is 0 Å². The van der Waals surface area contributed by atoms with Crippen LogP contribution in [0.4, 0.5) is 5.69 Å². The molecule has 0 saturated carbocycles. The van der Waals surface area contributed by atoms with Crippen LogP contribution < -0.4 is 10.6 Å². The molecule has 1 aliphatic heterocycles. The summed E-state index contributed by atoms with van der Waals surface area (Å²) in [6.07, 6.45) is 1.33. The maximum atomic E-state index is 11.9. The van der Waals surface area contributed by atoms with E-state index in [0.29, 0.717) is 26.1 Å². The minimum absolute atomic E-state index is 0.0376. The highest BCUT2D eigenvalue weighted by atomic mass is 16.5. The molecular formula is C14H20N2O2. The Bertz CT molecular complexity index is 420. The smallest absolute Gasteiger partial charge is 0.231 e. The average molecular weight is 248 g/mol. The van der Waals surface area contributed by atoms with Crippen LogP contribution >= 0.6 is 0 Å². The van der Waals surface area contributed by atoms with Crippen molar-refractivity contribution in [2.75, 3.05) is 24.6 Å². The largest absolute Gasteiger partial charge is 0.377 e. The summed E-state index contributed by atoms with van der Waals surface area (Å²) in [6, 6.07) is 7.94. The molecule has 0 bridgehead atoms. The maximum Gasteiger partial charge on any atom is 0.231 e. The lowest BCUT2D eigenvalue weighted by Gasteiger charge is -2.21. The third-order valence-electron chi connectivity index (χ3n) is 3.27. The fourth-order valence-electron chi connectivity index (χ4n) is 2.34. The van der Waals surface area contributed by atoms with Gasteiger partial charge >= 0.3 is 0 Å². The number of anilines is 1. The summed E-state index contributed by atoms with van der Waals surface area (Å²) in [4.78, 5) is 13.8. The van der Waals surface area contributed by atoms with Gasteiger partial charge in [-0.1, -0.05) is 18.2 Å². The van der Waals surface area contributed by atoms with E-state index in [1.165, 1.54) is 0 Å². The zero-order valence-corrected chi connectivity index (χ0v) is 10.8. The maximum absolute atomic E-state index is 11.9. The molecule has 0 spiro atoms. The summed E-state index contributed by atoms with van der Waals surface area (Å²) in [7, 11) is 0. The van der Waals surface area contributed by atoms with Crippen molar-refractivity contribution < 1.29 is 9.53 Å². The predicted octanol–water partition coefficient (Wildman–Crippen LogP) is 1.33. The summed E-state index contributed by atoms with van der Waals surface area (Å²) >= 11 is 0. The molecule has 98 valence electrons. The highest BCUT2D eigenvalue weighted by Gasteiger charge is 2.26. The molecule has 1 atom stereocenters.